The van der Waals surface area contributed by atoms with Crippen LogP contribution in [0.2, 0.25) is 0 Å². The topological polar surface area (TPSA) is 29.5 Å². The molecular weight excluding hydrogens is 152 g/mol. The second-order valence-electron chi connectivity index (χ2n) is 2.73. The summed E-state index contributed by atoms with van der Waals surface area (Å²) < 4.78 is 5.35. The van der Waals surface area contributed by atoms with Gasteiger partial charge in [0.05, 0.1) is 0 Å². The van der Waals surface area contributed by atoms with Gasteiger partial charge in [-0.25, -0.2) is 0 Å². The summed E-state index contributed by atoms with van der Waals surface area (Å²) in [6, 6.07) is 0. The summed E-state index contributed by atoms with van der Waals surface area (Å²) >= 11 is 0. The van der Waals surface area contributed by atoms with Crippen molar-refractivity contribution in [3.05, 3.63) is 47.5 Å². The normalized spacial score (nSPS) is 21.2. The highest BCUT2D eigenvalue weighted by Crippen LogP contribution is 2.24. The van der Waals surface area contributed by atoms with E-state index < -0.39 is 0 Å². The molecule has 0 aromatic heterocycles. The third-order valence-electron chi connectivity index (χ3n) is 1.94. The molecule has 1 N–H and O–H groups in total. The van der Waals surface area contributed by atoms with Crippen LogP contribution in [0.1, 0.15) is 6.42 Å². The van der Waals surface area contributed by atoms with Gasteiger partial charge < -0.3 is 9.84 Å². The Morgan fingerprint density at radius 1 is 1.33 bits per heavy atom. The van der Waals surface area contributed by atoms with Crippen molar-refractivity contribution < 1.29 is 9.84 Å². The molecule has 1 heterocycles. The van der Waals surface area contributed by atoms with Gasteiger partial charge in [-0.3, -0.25) is 0 Å². The molecule has 0 amide bonds. The van der Waals surface area contributed by atoms with Gasteiger partial charge in [-0.1, -0.05) is 18.2 Å². The number of allylic oxidation sites excluding steroid dienone is 5. The molecule has 2 rings (SSSR count). The van der Waals surface area contributed by atoms with Crippen LogP contribution in [0.5, 0.6) is 0 Å². The van der Waals surface area contributed by atoms with E-state index in [0.29, 0.717) is 12.4 Å². The third kappa shape index (κ3) is 1.16. The van der Waals surface area contributed by atoms with Crippen LogP contribution in [-0.4, -0.2) is 11.7 Å². The van der Waals surface area contributed by atoms with E-state index in [-0.39, 0.29) is 0 Å². The van der Waals surface area contributed by atoms with Gasteiger partial charge in [0.25, 0.3) is 0 Å². The summed E-state index contributed by atoms with van der Waals surface area (Å²) in [6.45, 7) is 0.467. The lowest BCUT2D eigenvalue weighted by atomic mass is 10.1. The fourth-order valence-corrected chi connectivity index (χ4v) is 1.31. The number of ether oxygens (including phenoxy) is 1. The molecule has 0 fully saturated rings. The average Bonchev–Trinajstić information content (AvgIpc) is 2.30. The molecule has 0 aromatic carbocycles. The Hall–Kier alpha value is -1.44. The van der Waals surface area contributed by atoms with Crippen LogP contribution in [0.25, 0.3) is 0 Å². The smallest absolute Gasteiger partial charge is 0.126 e. The van der Waals surface area contributed by atoms with Crippen LogP contribution in [0.15, 0.2) is 47.5 Å². The lowest BCUT2D eigenvalue weighted by molar-refractivity contribution is 0.238. The molecule has 0 radical (unpaired) electrons. The molecule has 0 saturated heterocycles. The molecule has 1 aliphatic carbocycles. The summed E-state index contributed by atoms with van der Waals surface area (Å²) in [6.07, 6.45) is 10.2. The standard InChI is InChI=1S/C10H10O2/c11-9-6-7-12-10-5-3-1-2-4-8(9)10/h1-3,5-6,11H,4,7H2. The van der Waals surface area contributed by atoms with E-state index in [1.54, 1.807) is 6.08 Å². The first-order valence-electron chi connectivity index (χ1n) is 3.96. The van der Waals surface area contributed by atoms with E-state index >= 15 is 0 Å². The molecule has 0 bridgehead atoms. The zero-order chi connectivity index (χ0) is 8.39. The number of hydrogen-bond donors (Lipinski definition) is 1. The maximum Gasteiger partial charge on any atom is 0.126 e. The highest BCUT2D eigenvalue weighted by molar-refractivity contribution is 5.39. The highest BCUT2D eigenvalue weighted by atomic mass is 16.5. The fraction of sp³-hybridized carbons (Fsp3) is 0.200. The summed E-state index contributed by atoms with van der Waals surface area (Å²) in [5, 5.41) is 9.48. The number of rotatable bonds is 0. The summed E-state index contributed by atoms with van der Waals surface area (Å²) in [5.74, 6) is 1.15. The monoisotopic (exact) mass is 162 g/mol. The van der Waals surface area contributed by atoms with Gasteiger partial charge in [0.2, 0.25) is 0 Å². The minimum absolute atomic E-state index is 0.354. The summed E-state index contributed by atoms with van der Waals surface area (Å²) in [5.41, 5.74) is 0.881. The van der Waals surface area contributed by atoms with Crippen molar-refractivity contribution in [3.63, 3.8) is 0 Å². The average molecular weight is 162 g/mol. The van der Waals surface area contributed by atoms with Crippen LogP contribution in [-0.2, 0) is 4.74 Å². The van der Waals surface area contributed by atoms with Crippen LogP contribution in [0.4, 0.5) is 0 Å². The van der Waals surface area contributed by atoms with Crippen molar-refractivity contribution in [2.45, 2.75) is 6.42 Å². The Morgan fingerprint density at radius 3 is 3.17 bits per heavy atom. The quantitative estimate of drug-likeness (QED) is 0.591. The minimum atomic E-state index is 0.354. The second kappa shape index (κ2) is 2.89. The van der Waals surface area contributed by atoms with Crippen molar-refractivity contribution in [1.29, 1.82) is 0 Å². The Balaban J connectivity index is 2.40. The largest absolute Gasteiger partial charge is 0.508 e. The number of hydrogen-bond acceptors (Lipinski definition) is 2. The molecule has 62 valence electrons. The zero-order valence-corrected chi connectivity index (χ0v) is 6.66. The molecule has 12 heavy (non-hydrogen) atoms. The van der Waals surface area contributed by atoms with Gasteiger partial charge >= 0.3 is 0 Å². The maximum absolute atomic E-state index is 9.48. The first-order chi connectivity index (χ1) is 5.88. The molecule has 2 heteroatoms. The predicted molar refractivity (Wildman–Crippen MR) is 46.6 cm³/mol. The molecule has 0 atom stereocenters. The second-order valence-corrected chi connectivity index (χ2v) is 2.73. The minimum Gasteiger partial charge on any atom is -0.508 e. The van der Waals surface area contributed by atoms with Gasteiger partial charge in [-0.2, -0.15) is 0 Å². The van der Waals surface area contributed by atoms with Crippen LogP contribution in [0.3, 0.4) is 0 Å². The lowest BCUT2D eigenvalue weighted by Gasteiger charge is -2.15. The van der Waals surface area contributed by atoms with E-state index in [4.69, 9.17) is 4.74 Å². The van der Waals surface area contributed by atoms with Gasteiger partial charge in [0.1, 0.15) is 18.1 Å². The molecule has 0 saturated carbocycles. The number of aliphatic hydroxyl groups is 1. The Morgan fingerprint density at radius 2 is 2.25 bits per heavy atom. The van der Waals surface area contributed by atoms with Crippen molar-refractivity contribution in [1.82, 2.24) is 0 Å². The van der Waals surface area contributed by atoms with E-state index in [2.05, 4.69) is 0 Å². The first kappa shape index (κ1) is 7.22. The van der Waals surface area contributed by atoms with E-state index in [0.717, 1.165) is 17.8 Å². The van der Waals surface area contributed by atoms with Crippen LogP contribution < -0.4 is 0 Å². The Kier molecular flexibility index (Phi) is 1.74. The van der Waals surface area contributed by atoms with Gasteiger partial charge in [0, 0.05) is 5.57 Å². The fourth-order valence-electron chi connectivity index (χ4n) is 1.31. The lowest BCUT2D eigenvalue weighted by Crippen LogP contribution is -2.04. The maximum atomic E-state index is 9.48. The van der Waals surface area contributed by atoms with E-state index in [1.807, 2.05) is 24.3 Å². The van der Waals surface area contributed by atoms with Crippen molar-refractivity contribution >= 4 is 0 Å². The summed E-state index contributed by atoms with van der Waals surface area (Å²) in [7, 11) is 0. The van der Waals surface area contributed by atoms with Crippen molar-refractivity contribution in [2.75, 3.05) is 6.61 Å². The molecule has 0 spiro atoms. The van der Waals surface area contributed by atoms with Crippen molar-refractivity contribution in [3.8, 4) is 0 Å². The van der Waals surface area contributed by atoms with Crippen LogP contribution >= 0.6 is 0 Å². The molecule has 2 nitrogen and oxygen atoms in total. The molecule has 0 aromatic rings. The van der Waals surface area contributed by atoms with Crippen molar-refractivity contribution in [2.24, 2.45) is 0 Å². The Labute approximate surface area is 71.2 Å². The highest BCUT2D eigenvalue weighted by Gasteiger charge is 2.14. The zero-order valence-electron chi connectivity index (χ0n) is 6.66. The summed E-state index contributed by atoms with van der Waals surface area (Å²) in [4.78, 5) is 0. The van der Waals surface area contributed by atoms with Gasteiger partial charge in [-0.15, -0.1) is 0 Å². The van der Waals surface area contributed by atoms with Gasteiger partial charge in [-0.05, 0) is 18.6 Å². The first-order valence-corrected chi connectivity index (χ1v) is 3.96. The third-order valence-corrected chi connectivity index (χ3v) is 1.94. The molecule has 0 unspecified atom stereocenters. The SMILES string of the molecule is OC1=CCOC2=C1CC=CC=C2. The predicted octanol–water partition coefficient (Wildman–Crippen LogP) is 2.23. The molecule has 2 aliphatic rings. The van der Waals surface area contributed by atoms with E-state index in [9.17, 15) is 5.11 Å². The van der Waals surface area contributed by atoms with Gasteiger partial charge in [0.15, 0.2) is 0 Å². The Bertz CT molecular complexity index is 306. The molecule has 1 aliphatic heterocycles. The van der Waals surface area contributed by atoms with E-state index in [1.165, 1.54) is 0 Å². The number of aliphatic hydroxyl groups excluding tert-OH is 1. The van der Waals surface area contributed by atoms with Crippen LogP contribution in [0, 0.1) is 0 Å². The molecular formula is C10H10O2.